The lowest BCUT2D eigenvalue weighted by Gasteiger charge is -2.21. The number of carbonyl (C=O) groups is 3. The Labute approximate surface area is 143 Å². The van der Waals surface area contributed by atoms with E-state index in [4.69, 9.17) is 5.11 Å². The summed E-state index contributed by atoms with van der Waals surface area (Å²) in [4.78, 5) is 34.9. The topological polar surface area (TPSA) is 95.5 Å². The van der Waals surface area contributed by atoms with Crippen LogP contribution in [0.5, 0.6) is 0 Å². The van der Waals surface area contributed by atoms with Crippen LogP contribution in [0.1, 0.15) is 18.9 Å². The van der Waals surface area contributed by atoms with E-state index in [0.717, 1.165) is 5.56 Å². The SMILES string of the molecule is C=C(Br)C[C@@H](NC(=O)[C@H](Cc1ccccc1)NC(C)=O)C(=O)O. The van der Waals surface area contributed by atoms with E-state index in [-0.39, 0.29) is 18.7 Å². The third-order valence-corrected chi connectivity index (χ3v) is 3.34. The molecule has 124 valence electrons. The summed E-state index contributed by atoms with van der Waals surface area (Å²) in [5.41, 5.74) is 0.859. The van der Waals surface area contributed by atoms with Crippen LogP contribution in [0.3, 0.4) is 0 Å². The van der Waals surface area contributed by atoms with Gasteiger partial charge in [0.2, 0.25) is 11.8 Å². The molecule has 0 aliphatic carbocycles. The summed E-state index contributed by atoms with van der Waals surface area (Å²) >= 11 is 3.09. The Bertz CT molecular complexity index is 589. The molecule has 0 bridgehead atoms. The molecule has 2 atom stereocenters. The lowest BCUT2D eigenvalue weighted by atomic mass is 10.0. The minimum Gasteiger partial charge on any atom is -0.480 e. The van der Waals surface area contributed by atoms with Gasteiger partial charge in [-0.3, -0.25) is 9.59 Å². The predicted octanol–water partition coefficient (Wildman–Crippen LogP) is 1.60. The quantitative estimate of drug-likeness (QED) is 0.636. The number of halogens is 1. The van der Waals surface area contributed by atoms with E-state index in [1.165, 1.54) is 6.92 Å². The number of hydrogen-bond acceptors (Lipinski definition) is 3. The Morgan fingerprint density at radius 2 is 1.78 bits per heavy atom. The molecule has 1 aromatic rings. The first-order chi connectivity index (χ1) is 10.8. The van der Waals surface area contributed by atoms with Crippen molar-refractivity contribution < 1.29 is 19.5 Å². The van der Waals surface area contributed by atoms with Crippen molar-refractivity contribution in [2.75, 3.05) is 0 Å². The van der Waals surface area contributed by atoms with Crippen molar-refractivity contribution >= 4 is 33.7 Å². The molecule has 0 fully saturated rings. The Hall–Kier alpha value is -2.15. The van der Waals surface area contributed by atoms with Gasteiger partial charge in [0.1, 0.15) is 12.1 Å². The molecule has 0 spiro atoms. The van der Waals surface area contributed by atoms with Crippen molar-refractivity contribution in [2.45, 2.75) is 31.8 Å². The Kier molecular flexibility index (Phi) is 7.47. The van der Waals surface area contributed by atoms with Gasteiger partial charge in [0, 0.05) is 19.8 Å². The number of hydrogen-bond donors (Lipinski definition) is 3. The maximum atomic E-state index is 12.3. The third-order valence-electron chi connectivity index (χ3n) is 3.02. The number of rotatable bonds is 8. The molecule has 0 saturated carbocycles. The third kappa shape index (κ3) is 7.10. The van der Waals surface area contributed by atoms with Crippen LogP contribution in [0.15, 0.2) is 41.4 Å². The van der Waals surface area contributed by atoms with Gasteiger partial charge < -0.3 is 15.7 Å². The van der Waals surface area contributed by atoms with E-state index in [1.54, 1.807) is 0 Å². The minimum absolute atomic E-state index is 0.0548. The molecule has 0 unspecified atom stereocenters. The summed E-state index contributed by atoms with van der Waals surface area (Å²) in [5.74, 6) is -2.08. The average Bonchev–Trinajstić information content (AvgIpc) is 2.45. The van der Waals surface area contributed by atoms with E-state index in [2.05, 4.69) is 33.1 Å². The highest BCUT2D eigenvalue weighted by Crippen LogP contribution is 2.11. The molecule has 0 heterocycles. The molecular weight excluding hydrogens is 364 g/mol. The van der Waals surface area contributed by atoms with Crippen molar-refractivity contribution in [1.82, 2.24) is 10.6 Å². The van der Waals surface area contributed by atoms with E-state index < -0.39 is 24.0 Å². The van der Waals surface area contributed by atoms with Crippen LogP contribution < -0.4 is 10.6 Å². The van der Waals surface area contributed by atoms with Crippen LogP contribution in [-0.4, -0.2) is 35.0 Å². The van der Waals surface area contributed by atoms with E-state index in [1.807, 2.05) is 30.3 Å². The van der Waals surface area contributed by atoms with Crippen LogP contribution in [-0.2, 0) is 20.8 Å². The minimum atomic E-state index is -1.17. The van der Waals surface area contributed by atoms with Gasteiger partial charge in [-0.25, -0.2) is 4.79 Å². The maximum absolute atomic E-state index is 12.3. The molecule has 7 heteroatoms. The average molecular weight is 383 g/mol. The standard InChI is InChI=1S/C16H19BrN2O4/c1-10(17)8-14(16(22)23)19-15(21)13(18-11(2)20)9-12-6-4-3-5-7-12/h3-7,13-14H,1,8-9H2,2H3,(H,18,20)(H,19,21)(H,22,23)/t13-,14+/m0/s1. The van der Waals surface area contributed by atoms with E-state index in [0.29, 0.717) is 4.48 Å². The molecule has 3 N–H and O–H groups in total. The summed E-state index contributed by atoms with van der Waals surface area (Å²) in [6, 6.07) is 7.20. The number of carbonyl (C=O) groups excluding carboxylic acids is 2. The van der Waals surface area contributed by atoms with Gasteiger partial charge in [0.25, 0.3) is 0 Å². The Balaban J connectivity index is 2.83. The number of aliphatic carboxylic acids is 1. The van der Waals surface area contributed by atoms with Gasteiger partial charge >= 0.3 is 5.97 Å². The van der Waals surface area contributed by atoms with Gasteiger partial charge in [0.15, 0.2) is 0 Å². The van der Waals surface area contributed by atoms with Gasteiger partial charge in [-0.05, 0) is 10.0 Å². The van der Waals surface area contributed by atoms with Gasteiger partial charge in [0.05, 0.1) is 0 Å². The molecule has 1 rings (SSSR count). The van der Waals surface area contributed by atoms with Crippen molar-refractivity contribution in [1.29, 1.82) is 0 Å². The van der Waals surface area contributed by atoms with Crippen LogP contribution in [0, 0.1) is 0 Å². The number of carboxylic acids is 1. The second-order valence-electron chi connectivity index (χ2n) is 5.06. The maximum Gasteiger partial charge on any atom is 0.326 e. The van der Waals surface area contributed by atoms with Crippen LogP contribution in [0.25, 0.3) is 0 Å². The van der Waals surface area contributed by atoms with E-state index >= 15 is 0 Å². The molecule has 0 aliphatic rings. The molecule has 0 aromatic heterocycles. The first-order valence-corrected chi connectivity index (χ1v) is 7.76. The van der Waals surface area contributed by atoms with Crippen LogP contribution in [0.4, 0.5) is 0 Å². The number of benzene rings is 1. The smallest absolute Gasteiger partial charge is 0.326 e. The summed E-state index contributed by atoms with van der Waals surface area (Å²) in [5, 5.41) is 14.1. The molecule has 23 heavy (non-hydrogen) atoms. The number of carboxylic acid groups (broad SMARTS) is 1. The zero-order valence-corrected chi connectivity index (χ0v) is 14.3. The van der Waals surface area contributed by atoms with E-state index in [9.17, 15) is 14.4 Å². The van der Waals surface area contributed by atoms with Crippen LogP contribution in [0.2, 0.25) is 0 Å². The van der Waals surface area contributed by atoms with Crippen molar-refractivity contribution in [3.8, 4) is 0 Å². The fourth-order valence-electron chi connectivity index (χ4n) is 2.00. The van der Waals surface area contributed by atoms with Crippen molar-refractivity contribution in [3.63, 3.8) is 0 Å². The molecule has 2 amide bonds. The summed E-state index contributed by atoms with van der Waals surface area (Å²) < 4.78 is 0.462. The fourth-order valence-corrected chi connectivity index (χ4v) is 2.32. The Morgan fingerprint density at radius 3 is 2.26 bits per heavy atom. The first kappa shape index (κ1) is 18.9. The highest BCUT2D eigenvalue weighted by molar-refractivity contribution is 9.11. The zero-order valence-electron chi connectivity index (χ0n) is 12.7. The largest absolute Gasteiger partial charge is 0.480 e. The highest BCUT2D eigenvalue weighted by Gasteiger charge is 2.26. The fraction of sp³-hybridized carbons (Fsp3) is 0.312. The number of amides is 2. The van der Waals surface area contributed by atoms with Gasteiger partial charge in [-0.1, -0.05) is 52.8 Å². The van der Waals surface area contributed by atoms with Gasteiger partial charge in [-0.15, -0.1) is 0 Å². The first-order valence-electron chi connectivity index (χ1n) is 6.97. The monoisotopic (exact) mass is 382 g/mol. The second-order valence-corrected chi connectivity index (χ2v) is 6.19. The zero-order chi connectivity index (χ0) is 17.4. The molecule has 0 aliphatic heterocycles. The lowest BCUT2D eigenvalue weighted by molar-refractivity contribution is -0.142. The van der Waals surface area contributed by atoms with Crippen LogP contribution >= 0.6 is 15.9 Å². The molecular formula is C16H19BrN2O4. The molecule has 0 saturated heterocycles. The lowest BCUT2D eigenvalue weighted by Crippen LogP contribution is -2.52. The summed E-state index contributed by atoms with van der Waals surface area (Å²) in [6.07, 6.45) is 0.326. The van der Waals surface area contributed by atoms with Crippen molar-refractivity contribution in [3.05, 3.63) is 47.0 Å². The Morgan fingerprint density at radius 1 is 1.17 bits per heavy atom. The highest BCUT2D eigenvalue weighted by atomic mass is 79.9. The molecule has 6 nitrogen and oxygen atoms in total. The molecule has 1 aromatic carbocycles. The normalized spacial score (nSPS) is 12.8. The summed E-state index contributed by atoms with van der Waals surface area (Å²) in [7, 11) is 0. The molecule has 0 radical (unpaired) electrons. The van der Waals surface area contributed by atoms with Gasteiger partial charge in [-0.2, -0.15) is 0 Å². The summed E-state index contributed by atoms with van der Waals surface area (Å²) in [6.45, 7) is 4.88. The van der Waals surface area contributed by atoms with Crippen molar-refractivity contribution in [2.24, 2.45) is 0 Å². The number of nitrogens with one attached hydrogen (secondary N) is 2. The second kappa shape index (κ2) is 9.09. The predicted molar refractivity (Wildman–Crippen MR) is 90.0 cm³/mol.